The molecule has 0 unspecified atom stereocenters. The zero-order valence-electron chi connectivity index (χ0n) is 11.0. The molecule has 2 aromatic rings. The summed E-state index contributed by atoms with van der Waals surface area (Å²) < 4.78 is 22.4. The summed E-state index contributed by atoms with van der Waals surface area (Å²) >= 11 is 0. The average Bonchev–Trinajstić information content (AvgIpc) is 2.36. The lowest BCUT2D eigenvalue weighted by Crippen LogP contribution is -2.25. The largest absolute Gasteiger partial charge is 0.398 e. The van der Waals surface area contributed by atoms with Crippen LogP contribution in [0.3, 0.4) is 0 Å². The highest BCUT2D eigenvalue weighted by Gasteiger charge is 2.11. The van der Waals surface area contributed by atoms with Crippen LogP contribution in [0.5, 0.6) is 0 Å². The number of benzene rings is 1. The molecular weight excluding hydrogens is 262 g/mol. The quantitative estimate of drug-likeness (QED) is 0.854. The molecule has 1 aromatic heterocycles. The van der Waals surface area contributed by atoms with Crippen molar-refractivity contribution in [2.75, 3.05) is 36.2 Å². The van der Waals surface area contributed by atoms with Crippen molar-refractivity contribution in [3.63, 3.8) is 0 Å². The van der Waals surface area contributed by atoms with Gasteiger partial charge in [0.25, 0.3) is 0 Å². The standard InChI is InChI=1S/C13H17N3O2S/c1-16(8-9-19(2,17)18)12-6-5-11(14)10-4-3-7-15-13(10)12/h3-7H,8-9,14H2,1-2H3. The van der Waals surface area contributed by atoms with Crippen molar-refractivity contribution >= 4 is 32.1 Å². The van der Waals surface area contributed by atoms with Crippen LogP contribution < -0.4 is 10.6 Å². The second-order valence-electron chi connectivity index (χ2n) is 4.62. The highest BCUT2D eigenvalue weighted by atomic mass is 32.2. The lowest BCUT2D eigenvalue weighted by molar-refractivity contribution is 0.601. The number of fused-ring (bicyclic) bond motifs is 1. The summed E-state index contributed by atoms with van der Waals surface area (Å²) in [6.07, 6.45) is 2.94. The molecule has 0 bridgehead atoms. The summed E-state index contributed by atoms with van der Waals surface area (Å²) in [6, 6.07) is 7.42. The number of aromatic nitrogens is 1. The van der Waals surface area contributed by atoms with Gasteiger partial charge in [0.1, 0.15) is 9.84 Å². The van der Waals surface area contributed by atoms with Crippen LogP contribution in [0.15, 0.2) is 30.5 Å². The Bertz CT molecular complexity index is 698. The van der Waals surface area contributed by atoms with E-state index in [4.69, 9.17) is 5.73 Å². The molecule has 102 valence electrons. The van der Waals surface area contributed by atoms with Crippen LogP contribution in [-0.2, 0) is 9.84 Å². The molecular formula is C13H17N3O2S. The van der Waals surface area contributed by atoms with E-state index >= 15 is 0 Å². The summed E-state index contributed by atoms with van der Waals surface area (Å²) in [7, 11) is -1.12. The van der Waals surface area contributed by atoms with Gasteiger partial charge in [0.05, 0.1) is 17.0 Å². The van der Waals surface area contributed by atoms with Gasteiger partial charge >= 0.3 is 0 Å². The average molecular weight is 279 g/mol. The fourth-order valence-corrected chi connectivity index (χ4v) is 2.52. The Labute approximate surface area is 113 Å². The molecule has 0 aliphatic carbocycles. The van der Waals surface area contributed by atoms with Gasteiger partial charge in [-0.1, -0.05) is 0 Å². The SMILES string of the molecule is CN(CCS(C)(=O)=O)c1ccc(N)c2cccnc12. The summed E-state index contributed by atoms with van der Waals surface area (Å²) in [5.41, 5.74) is 8.26. The van der Waals surface area contributed by atoms with Crippen molar-refractivity contribution in [1.29, 1.82) is 0 Å². The van der Waals surface area contributed by atoms with Gasteiger partial charge in [0.15, 0.2) is 0 Å². The predicted octanol–water partition coefficient (Wildman–Crippen LogP) is 1.30. The molecule has 0 fully saturated rings. The number of nitrogens with two attached hydrogens (primary N) is 1. The van der Waals surface area contributed by atoms with E-state index in [0.29, 0.717) is 12.2 Å². The number of hydrogen-bond donors (Lipinski definition) is 1. The molecule has 0 radical (unpaired) electrons. The first-order valence-electron chi connectivity index (χ1n) is 5.90. The van der Waals surface area contributed by atoms with Crippen molar-refractivity contribution in [3.05, 3.63) is 30.5 Å². The van der Waals surface area contributed by atoms with Crippen LogP contribution in [0.1, 0.15) is 0 Å². The molecule has 0 aliphatic heterocycles. The molecule has 1 heterocycles. The lowest BCUT2D eigenvalue weighted by Gasteiger charge is -2.20. The number of hydrogen-bond acceptors (Lipinski definition) is 5. The first-order chi connectivity index (χ1) is 8.88. The molecule has 0 spiro atoms. The third-order valence-corrected chi connectivity index (χ3v) is 3.91. The lowest BCUT2D eigenvalue weighted by atomic mass is 10.1. The van der Waals surface area contributed by atoms with Crippen molar-refractivity contribution in [2.45, 2.75) is 0 Å². The van der Waals surface area contributed by atoms with Crippen molar-refractivity contribution in [2.24, 2.45) is 0 Å². The van der Waals surface area contributed by atoms with Crippen LogP contribution in [0.2, 0.25) is 0 Å². The van der Waals surface area contributed by atoms with E-state index in [1.807, 2.05) is 36.2 Å². The fraction of sp³-hybridized carbons (Fsp3) is 0.308. The van der Waals surface area contributed by atoms with E-state index < -0.39 is 9.84 Å². The van der Waals surface area contributed by atoms with Crippen LogP contribution >= 0.6 is 0 Å². The zero-order chi connectivity index (χ0) is 14.0. The fourth-order valence-electron chi connectivity index (χ4n) is 1.91. The van der Waals surface area contributed by atoms with E-state index in [-0.39, 0.29) is 5.75 Å². The Balaban J connectivity index is 2.37. The molecule has 0 atom stereocenters. The topological polar surface area (TPSA) is 76.3 Å². The highest BCUT2D eigenvalue weighted by molar-refractivity contribution is 7.90. The Morgan fingerprint density at radius 2 is 2.05 bits per heavy atom. The molecule has 2 N–H and O–H groups in total. The Morgan fingerprint density at radius 1 is 1.32 bits per heavy atom. The normalized spacial score (nSPS) is 11.7. The van der Waals surface area contributed by atoms with E-state index in [1.165, 1.54) is 6.26 Å². The maximum atomic E-state index is 11.2. The summed E-state index contributed by atoms with van der Waals surface area (Å²) in [5, 5.41) is 0.881. The molecule has 0 aliphatic rings. The number of rotatable bonds is 4. The molecule has 2 rings (SSSR count). The highest BCUT2D eigenvalue weighted by Crippen LogP contribution is 2.28. The molecule has 19 heavy (non-hydrogen) atoms. The second kappa shape index (κ2) is 5.05. The summed E-state index contributed by atoms with van der Waals surface area (Å²) in [4.78, 5) is 6.22. The number of sulfone groups is 1. The maximum absolute atomic E-state index is 11.2. The number of nitrogen functional groups attached to an aromatic ring is 1. The van der Waals surface area contributed by atoms with E-state index in [2.05, 4.69) is 4.98 Å². The van der Waals surface area contributed by atoms with Crippen LogP contribution in [0.4, 0.5) is 11.4 Å². The van der Waals surface area contributed by atoms with Crippen molar-refractivity contribution in [3.8, 4) is 0 Å². The van der Waals surface area contributed by atoms with Gasteiger partial charge in [-0.3, -0.25) is 4.98 Å². The number of anilines is 2. The van der Waals surface area contributed by atoms with E-state index in [0.717, 1.165) is 16.6 Å². The first kappa shape index (κ1) is 13.6. The van der Waals surface area contributed by atoms with Gasteiger partial charge in [0.2, 0.25) is 0 Å². The minimum atomic E-state index is -2.98. The molecule has 6 heteroatoms. The Morgan fingerprint density at radius 3 is 2.74 bits per heavy atom. The van der Waals surface area contributed by atoms with Gasteiger partial charge in [-0.25, -0.2) is 8.42 Å². The van der Waals surface area contributed by atoms with Crippen LogP contribution in [0.25, 0.3) is 10.9 Å². The predicted molar refractivity (Wildman–Crippen MR) is 79.1 cm³/mol. The minimum absolute atomic E-state index is 0.113. The monoisotopic (exact) mass is 279 g/mol. The van der Waals surface area contributed by atoms with Crippen LogP contribution in [-0.4, -0.2) is 39.0 Å². The molecule has 5 nitrogen and oxygen atoms in total. The smallest absolute Gasteiger partial charge is 0.149 e. The third-order valence-electron chi connectivity index (χ3n) is 2.99. The van der Waals surface area contributed by atoms with Gasteiger partial charge in [-0.05, 0) is 24.3 Å². The Kier molecular flexibility index (Phi) is 3.61. The molecule has 1 aromatic carbocycles. The van der Waals surface area contributed by atoms with Gasteiger partial charge in [-0.15, -0.1) is 0 Å². The maximum Gasteiger partial charge on any atom is 0.149 e. The van der Waals surface area contributed by atoms with Crippen LogP contribution in [0, 0.1) is 0 Å². The third kappa shape index (κ3) is 3.14. The molecule has 0 saturated carbocycles. The Hall–Kier alpha value is -1.82. The first-order valence-corrected chi connectivity index (χ1v) is 7.96. The summed E-state index contributed by atoms with van der Waals surface area (Å²) in [5.74, 6) is 0.113. The van der Waals surface area contributed by atoms with Crippen molar-refractivity contribution in [1.82, 2.24) is 4.98 Å². The summed E-state index contributed by atoms with van der Waals surface area (Å²) in [6.45, 7) is 0.425. The number of pyridine rings is 1. The molecule has 0 amide bonds. The minimum Gasteiger partial charge on any atom is -0.398 e. The zero-order valence-corrected chi connectivity index (χ0v) is 11.8. The number of nitrogens with zero attached hydrogens (tertiary/aromatic N) is 2. The van der Waals surface area contributed by atoms with Gasteiger partial charge < -0.3 is 10.6 Å². The second-order valence-corrected chi connectivity index (χ2v) is 6.88. The molecule has 0 saturated heterocycles. The van der Waals surface area contributed by atoms with Crippen molar-refractivity contribution < 1.29 is 8.42 Å². The van der Waals surface area contributed by atoms with E-state index in [1.54, 1.807) is 6.20 Å². The van der Waals surface area contributed by atoms with Gasteiger partial charge in [0, 0.05) is 37.1 Å². The van der Waals surface area contributed by atoms with Gasteiger partial charge in [-0.2, -0.15) is 0 Å². The van der Waals surface area contributed by atoms with E-state index in [9.17, 15) is 8.42 Å².